The van der Waals surface area contributed by atoms with Crippen molar-refractivity contribution < 1.29 is 55.8 Å². The minimum Gasteiger partial charge on any atom is -0.494 e. The van der Waals surface area contributed by atoms with Crippen molar-refractivity contribution in [3.05, 3.63) is 182 Å². The fraction of sp³-hybridized carbons (Fsp3) is 0.407. The fourth-order valence-corrected chi connectivity index (χ4v) is 16.9. The molecule has 6 heterocycles. The van der Waals surface area contributed by atoms with Crippen LogP contribution in [0.2, 0.25) is 0 Å². The number of aryl methyl sites for hydroxylation is 1. The second-order valence-corrected chi connectivity index (χ2v) is 28.8. The van der Waals surface area contributed by atoms with Crippen LogP contribution < -0.4 is 21.7 Å². The maximum atomic E-state index is 15.5. The number of ketones is 2. The largest absolute Gasteiger partial charge is 0.494 e. The number of nitrogen functional groups attached to an aromatic ring is 1. The molecular weight excluding hydrogens is 1160 g/mol. The zero-order valence-electron chi connectivity index (χ0n) is 46.7. The number of nitrogens with one attached hydrogen (secondary N) is 1. The van der Waals surface area contributed by atoms with E-state index in [0.717, 1.165) is 51.8 Å². The number of nitrogens with zero attached hydrogens (tertiary/aromatic N) is 5. The number of H-pyrrole nitrogens is 1. The third-order valence-electron chi connectivity index (χ3n) is 14.7. The van der Waals surface area contributed by atoms with Gasteiger partial charge in [0.2, 0.25) is 0 Å². The van der Waals surface area contributed by atoms with Crippen LogP contribution in [0.25, 0.3) is 11.2 Å². The van der Waals surface area contributed by atoms with Crippen molar-refractivity contribution in [2.45, 2.75) is 126 Å². The highest BCUT2D eigenvalue weighted by atomic mass is 32.7. The summed E-state index contributed by atoms with van der Waals surface area (Å²) in [4.78, 5) is 68.0. The molecule has 7 aromatic rings. The Morgan fingerprint density at radius 2 is 1.27 bits per heavy atom. The van der Waals surface area contributed by atoms with E-state index in [1.165, 1.54) is 64.5 Å². The Kier molecular flexibility index (Phi) is 20.3. The highest BCUT2D eigenvalue weighted by Crippen LogP contribution is 2.67. The van der Waals surface area contributed by atoms with Gasteiger partial charge in [-0.15, -0.1) is 0 Å². The molecule has 444 valence electrons. The summed E-state index contributed by atoms with van der Waals surface area (Å²) in [6.45, 7) is -4.77. The van der Waals surface area contributed by atoms with Gasteiger partial charge in [-0.2, -0.15) is 0 Å². The predicted molar refractivity (Wildman–Crippen MR) is 319 cm³/mol. The molecule has 0 amide bonds. The van der Waals surface area contributed by atoms with Crippen LogP contribution in [0.3, 0.4) is 0 Å². The van der Waals surface area contributed by atoms with Crippen LogP contribution in [0, 0.1) is 6.92 Å². The number of carbonyl (C=O) groups is 2. The zero-order chi connectivity index (χ0) is 58.8. The number of carbonyl (C=O) groups excluding carboxylic acids is 2. The van der Waals surface area contributed by atoms with E-state index < -0.39 is 74.4 Å². The molecule has 3 aliphatic rings. The predicted octanol–water partition coefficient (Wildman–Crippen LogP) is 11.3. The number of fused-ring (bicyclic) bond motifs is 5. The molecule has 4 aromatic carbocycles. The lowest BCUT2D eigenvalue weighted by molar-refractivity contribution is -0.0610. The summed E-state index contributed by atoms with van der Waals surface area (Å²) in [7, 11) is 1.36. The van der Waals surface area contributed by atoms with E-state index in [9.17, 15) is 19.2 Å². The molecule has 0 radical (unpaired) electrons. The number of rotatable bonds is 23. The molecule has 3 saturated heterocycles. The second-order valence-electron chi connectivity index (χ2n) is 20.8. The lowest BCUT2D eigenvalue weighted by Gasteiger charge is -2.29. The van der Waals surface area contributed by atoms with E-state index in [-0.39, 0.29) is 47.4 Å². The maximum absolute atomic E-state index is 15.5. The van der Waals surface area contributed by atoms with Gasteiger partial charge in [-0.1, -0.05) is 130 Å². The monoisotopic (exact) mass is 1220 g/mol. The summed E-state index contributed by atoms with van der Waals surface area (Å²) in [5, 5.41) is 0. The van der Waals surface area contributed by atoms with Crippen molar-refractivity contribution >= 4 is 64.9 Å². The van der Waals surface area contributed by atoms with E-state index in [0.29, 0.717) is 51.4 Å². The second kappa shape index (κ2) is 28.0. The number of nitrogens with two attached hydrogens (primary N) is 1. The number of hydrogen-bond acceptors (Lipinski definition) is 20. The molecule has 2 unspecified atom stereocenters. The Morgan fingerprint density at radius 1 is 0.690 bits per heavy atom. The maximum Gasteiger partial charge on any atom is 0.390 e. The summed E-state index contributed by atoms with van der Waals surface area (Å²) in [5.41, 5.74) is 9.59. The first-order chi connectivity index (χ1) is 40.7. The molecule has 10 rings (SSSR count). The SMILES string of the molecule is CCCCCCCCCCOc1ccc(C(=O)c2ccc(CSP3(=O)OC[C@H]4O[C@@H](n5ccc(=O)[nH]c5=O)[C@H](OP(=O)(SCc5ccc(C(=O)c6ccc(C)cc6)cc5)OC[C@@H]5C[C@@H](O3)[C@H](n3cnc6c(N)ncnc63)O5)[C@@H]4OC)cc2)cc1. The van der Waals surface area contributed by atoms with Crippen LogP contribution in [0.1, 0.15) is 126 Å². The Balaban J connectivity index is 0.887. The first kappa shape index (κ1) is 61.0. The van der Waals surface area contributed by atoms with Gasteiger partial charge in [0, 0.05) is 59.6 Å². The number of hydrogen-bond donors (Lipinski definition) is 2. The number of anilines is 1. The van der Waals surface area contributed by atoms with Crippen LogP contribution in [0.4, 0.5) is 5.82 Å². The molecule has 21 nitrogen and oxygen atoms in total. The normalized spacial score (nSPS) is 24.4. The lowest BCUT2D eigenvalue weighted by atomic mass is 10.0. The third-order valence-corrected chi connectivity index (χ3v) is 22.1. The van der Waals surface area contributed by atoms with E-state index in [1.54, 1.807) is 77.4 Å². The van der Waals surface area contributed by atoms with Gasteiger partial charge in [-0.3, -0.25) is 46.6 Å². The number of ether oxygens (including phenoxy) is 4. The highest BCUT2D eigenvalue weighted by Gasteiger charge is 2.53. The summed E-state index contributed by atoms with van der Waals surface area (Å²) >= 11 is 1.74. The Hall–Kier alpha value is -6.07. The van der Waals surface area contributed by atoms with E-state index in [4.69, 9.17) is 42.8 Å². The fourth-order valence-electron chi connectivity index (χ4n) is 10.1. The summed E-state index contributed by atoms with van der Waals surface area (Å²) in [5.74, 6) is 0.640. The first-order valence-corrected chi connectivity index (χ1v) is 34.3. The first-order valence-electron chi connectivity index (χ1n) is 28.0. The van der Waals surface area contributed by atoms with Gasteiger partial charge in [0.25, 0.3) is 5.56 Å². The minimum absolute atomic E-state index is 0.0303. The van der Waals surface area contributed by atoms with Gasteiger partial charge in [0.05, 0.1) is 32.3 Å². The molecule has 0 spiro atoms. The van der Waals surface area contributed by atoms with Crippen molar-refractivity contribution in [3.63, 3.8) is 0 Å². The van der Waals surface area contributed by atoms with Crippen molar-refractivity contribution in [2.24, 2.45) is 0 Å². The van der Waals surface area contributed by atoms with Gasteiger partial charge < -0.3 is 24.7 Å². The van der Waals surface area contributed by atoms with Gasteiger partial charge in [0.15, 0.2) is 35.5 Å². The molecule has 3 aliphatic heterocycles. The molecule has 4 bridgehead atoms. The zero-order valence-corrected chi connectivity index (χ0v) is 50.1. The minimum atomic E-state index is -4.39. The van der Waals surface area contributed by atoms with Gasteiger partial charge in [0.1, 0.15) is 42.0 Å². The van der Waals surface area contributed by atoms with E-state index in [1.807, 2.05) is 31.2 Å². The molecule has 3 fully saturated rings. The lowest BCUT2D eigenvalue weighted by Crippen LogP contribution is -2.40. The van der Waals surface area contributed by atoms with Gasteiger partial charge >= 0.3 is 19.3 Å². The molecule has 9 atom stereocenters. The van der Waals surface area contributed by atoms with Crippen LogP contribution in [0.5, 0.6) is 5.75 Å². The number of aromatic nitrogens is 6. The Morgan fingerprint density at radius 3 is 1.89 bits per heavy atom. The van der Waals surface area contributed by atoms with Crippen molar-refractivity contribution in [2.75, 3.05) is 32.7 Å². The van der Waals surface area contributed by atoms with Crippen LogP contribution >= 0.6 is 36.4 Å². The quantitative estimate of drug-likeness (QED) is 0.0342. The van der Waals surface area contributed by atoms with E-state index >= 15 is 9.13 Å². The van der Waals surface area contributed by atoms with Crippen molar-refractivity contribution in [1.82, 2.24) is 29.1 Å². The van der Waals surface area contributed by atoms with Crippen molar-refractivity contribution in [3.8, 4) is 5.75 Å². The summed E-state index contributed by atoms with van der Waals surface area (Å²) in [6.07, 6.45) is 5.54. The molecule has 25 heteroatoms. The average molecular weight is 1220 g/mol. The standard InChI is InChI=1S/C59H67N7O14P2S2/c1-4-5-6-7-8-9-10-11-30-74-45-26-24-44(25-27-45)52(69)43-22-14-39(15-23-43)34-83-81(71)76-33-48-53(73-3)54(58(78-48)65-29-28-49(67)64-59(65)70)80-82(72,84-35-40-16-20-42(21-17-40)51(68)41-18-12-38(2)13-19-41)75-32-46-31-47(79-81)57(77-46)66-37-63-50-55(60)61-36-62-56(50)66/h12-29,36-37,46-48,53-54,57-58H,4-11,30-35H2,1-3H3,(H2,60,61,62)(H,64,67,70)/t46-,47+,48+,53+,54+,57+,58+,81?,82?/m0/s1. The number of methoxy groups -OCH3 is 1. The topological polar surface area (TPSA) is 267 Å². The van der Waals surface area contributed by atoms with Gasteiger partial charge in [-0.05, 0) is 71.5 Å². The smallest absolute Gasteiger partial charge is 0.390 e. The molecule has 84 heavy (non-hydrogen) atoms. The average Bonchev–Trinajstić information content (AvgIpc) is 2.62. The number of imidazole rings is 1. The Labute approximate surface area is 493 Å². The molecule has 0 saturated carbocycles. The van der Waals surface area contributed by atoms with Crippen LogP contribution in [0.15, 0.2) is 132 Å². The summed E-state index contributed by atoms with van der Waals surface area (Å²) in [6, 6.07) is 29.3. The van der Waals surface area contributed by atoms with E-state index in [2.05, 4.69) is 26.9 Å². The Bertz CT molecular complexity index is 3610. The van der Waals surface area contributed by atoms with Crippen LogP contribution in [-0.2, 0) is 52.9 Å². The molecule has 3 N–H and O–H groups in total. The van der Waals surface area contributed by atoms with Crippen molar-refractivity contribution in [1.29, 1.82) is 0 Å². The molecular formula is C59H67N7O14P2S2. The highest BCUT2D eigenvalue weighted by molar-refractivity contribution is 8.55. The number of aromatic amines is 1. The number of unbranched alkanes of at least 4 members (excludes halogenated alkanes) is 7. The molecule has 3 aromatic heterocycles. The third kappa shape index (κ3) is 14.9. The van der Waals surface area contributed by atoms with Crippen LogP contribution in [-0.4, -0.2) is 98.1 Å². The molecule has 0 aliphatic carbocycles. The number of benzene rings is 4. The summed E-state index contributed by atoms with van der Waals surface area (Å²) < 4.78 is 84.7. The van der Waals surface area contributed by atoms with Gasteiger partial charge in [-0.25, -0.2) is 28.9 Å².